The van der Waals surface area contributed by atoms with Crippen LogP contribution < -0.4 is 10.6 Å². The van der Waals surface area contributed by atoms with Crippen molar-refractivity contribution >= 4 is 5.91 Å². The molecule has 3 nitrogen and oxygen atoms in total. The minimum atomic E-state index is 0.0556. The third-order valence-electron chi connectivity index (χ3n) is 3.25. The fourth-order valence-corrected chi connectivity index (χ4v) is 2.02. The Labute approximate surface area is 111 Å². The topological polar surface area (TPSA) is 41.1 Å². The number of allylic oxidation sites excluding steroid dienone is 1. The Morgan fingerprint density at radius 3 is 2.67 bits per heavy atom. The van der Waals surface area contributed by atoms with Gasteiger partial charge in [-0.05, 0) is 25.8 Å². The molecule has 0 spiro atoms. The van der Waals surface area contributed by atoms with Crippen LogP contribution in [-0.2, 0) is 4.79 Å². The second-order valence-electron chi connectivity index (χ2n) is 4.90. The summed E-state index contributed by atoms with van der Waals surface area (Å²) >= 11 is 0. The lowest BCUT2D eigenvalue weighted by atomic mass is 10.0. The van der Waals surface area contributed by atoms with Crippen LogP contribution in [0.25, 0.3) is 0 Å². The predicted octanol–water partition coefficient (Wildman–Crippen LogP) is 2.89. The van der Waals surface area contributed by atoms with Gasteiger partial charge in [0.05, 0.1) is 5.57 Å². The van der Waals surface area contributed by atoms with Crippen molar-refractivity contribution in [1.82, 2.24) is 10.6 Å². The molecule has 1 amide bonds. The Morgan fingerprint density at radius 1 is 1.33 bits per heavy atom. The maximum absolute atomic E-state index is 12.0. The van der Waals surface area contributed by atoms with E-state index in [0.717, 1.165) is 43.5 Å². The molecule has 0 aliphatic carbocycles. The normalized spacial score (nSPS) is 21.7. The van der Waals surface area contributed by atoms with Crippen LogP contribution >= 0.6 is 0 Å². The highest BCUT2D eigenvalue weighted by molar-refractivity contribution is 5.98. The Kier molecular flexibility index (Phi) is 6.55. The van der Waals surface area contributed by atoms with Gasteiger partial charge in [-0.15, -0.1) is 0 Å². The molecule has 3 heteroatoms. The second-order valence-corrected chi connectivity index (χ2v) is 4.90. The van der Waals surface area contributed by atoms with Crippen molar-refractivity contribution in [1.29, 1.82) is 0 Å². The number of unbranched alkanes of at least 4 members (excludes halogenated alkanes) is 2. The van der Waals surface area contributed by atoms with E-state index in [1.165, 1.54) is 6.42 Å². The van der Waals surface area contributed by atoms with Gasteiger partial charge in [0.25, 0.3) is 5.91 Å². The van der Waals surface area contributed by atoms with Gasteiger partial charge < -0.3 is 10.6 Å². The molecular formula is C15H26N2O. The van der Waals surface area contributed by atoms with Crippen molar-refractivity contribution in [3.63, 3.8) is 0 Å². The zero-order valence-electron chi connectivity index (χ0n) is 11.9. The zero-order valence-corrected chi connectivity index (χ0v) is 11.9. The summed E-state index contributed by atoms with van der Waals surface area (Å²) in [5, 5.41) is 6.36. The first kappa shape index (κ1) is 14.8. The highest BCUT2D eigenvalue weighted by Gasteiger charge is 2.18. The van der Waals surface area contributed by atoms with E-state index in [1.54, 1.807) is 0 Å². The summed E-state index contributed by atoms with van der Waals surface area (Å²) in [6.45, 7) is 7.24. The summed E-state index contributed by atoms with van der Waals surface area (Å²) in [6, 6.07) is 0.213. The maximum atomic E-state index is 12.0. The minimum absolute atomic E-state index is 0.0556. The molecule has 1 heterocycles. The Morgan fingerprint density at radius 2 is 2.06 bits per heavy atom. The van der Waals surface area contributed by atoms with Gasteiger partial charge in [0.2, 0.25) is 0 Å². The van der Waals surface area contributed by atoms with E-state index in [4.69, 9.17) is 0 Å². The van der Waals surface area contributed by atoms with Gasteiger partial charge >= 0.3 is 0 Å². The van der Waals surface area contributed by atoms with Gasteiger partial charge in [-0.2, -0.15) is 0 Å². The van der Waals surface area contributed by atoms with Crippen molar-refractivity contribution in [2.75, 3.05) is 6.54 Å². The van der Waals surface area contributed by atoms with Crippen LogP contribution in [0.2, 0.25) is 0 Å². The van der Waals surface area contributed by atoms with Gasteiger partial charge in [0.1, 0.15) is 0 Å². The van der Waals surface area contributed by atoms with Crippen molar-refractivity contribution in [2.24, 2.45) is 0 Å². The van der Waals surface area contributed by atoms with Crippen LogP contribution in [0.1, 0.15) is 52.9 Å². The number of nitrogens with one attached hydrogen (secondary N) is 2. The largest absolute Gasteiger partial charge is 0.388 e. The lowest BCUT2D eigenvalue weighted by Crippen LogP contribution is -2.38. The quantitative estimate of drug-likeness (QED) is 0.539. The van der Waals surface area contributed by atoms with Crippen molar-refractivity contribution in [2.45, 2.75) is 58.9 Å². The Balaban J connectivity index is 2.57. The predicted molar refractivity (Wildman–Crippen MR) is 76.2 cm³/mol. The number of hydrogen-bond acceptors (Lipinski definition) is 2. The van der Waals surface area contributed by atoms with Crippen molar-refractivity contribution < 1.29 is 4.79 Å². The summed E-state index contributed by atoms with van der Waals surface area (Å²) < 4.78 is 0. The van der Waals surface area contributed by atoms with Gasteiger partial charge in [0, 0.05) is 18.3 Å². The third kappa shape index (κ3) is 4.55. The summed E-state index contributed by atoms with van der Waals surface area (Å²) in [5.41, 5.74) is 1.75. The molecule has 0 bridgehead atoms. The minimum Gasteiger partial charge on any atom is -0.388 e. The standard InChI is InChI=1S/C15H26N2O/c1-4-6-8-13-9-10-14(15(18)17-13)12(3)16-11-7-5-2/h9-10,13,16H,4-8,11H2,1-3H3,(H,17,18)/b14-12-. The summed E-state index contributed by atoms with van der Waals surface area (Å²) in [6.07, 6.45) is 9.73. The smallest absolute Gasteiger partial charge is 0.253 e. The molecule has 102 valence electrons. The molecule has 0 radical (unpaired) electrons. The van der Waals surface area contributed by atoms with Crippen LogP contribution in [0.3, 0.4) is 0 Å². The monoisotopic (exact) mass is 250 g/mol. The Hall–Kier alpha value is -1.25. The second kappa shape index (κ2) is 7.96. The maximum Gasteiger partial charge on any atom is 0.253 e. The third-order valence-corrected chi connectivity index (χ3v) is 3.25. The number of carbonyl (C=O) groups is 1. The van der Waals surface area contributed by atoms with Crippen molar-refractivity contribution in [3.8, 4) is 0 Å². The van der Waals surface area contributed by atoms with Gasteiger partial charge in [-0.3, -0.25) is 4.79 Å². The van der Waals surface area contributed by atoms with Crippen LogP contribution in [0.5, 0.6) is 0 Å². The molecule has 18 heavy (non-hydrogen) atoms. The van der Waals surface area contributed by atoms with Crippen molar-refractivity contribution in [3.05, 3.63) is 23.4 Å². The first-order chi connectivity index (χ1) is 8.69. The fourth-order valence-electron chi connectivity index (χ4n) is 2.02. The van der Waals surface area contributed by atoms with E-state index in [1.807, 2.05) is 13.0 Å². The fraction of sp³-hybridized carbons (Fsp3) is 0.667. The average molecular weight is 250 g/mol. The van der Waals surface area contributed by atoms with E-state index in [0.29, 0.717) is 0 Å². The lowest BCUT2D eigenvalue weighted by molar-refractivity contribution is -0.117. The van der Waals surface area contributed by atoms with Crippen LogP contribution in [0.15, 0.2) is 23.4 Å². The number of hydrogen-bond donors (Lipinski definition) is 2. The highest BCUT2D eigenvalue weighted by atomic mass is 16.1. The molecule has 0 saturated carbocycles. The number of amides is 1. The van der Waals surface area contributed by atoms with Crippen LogP contribution in [0, 0.1) is 0 Å². The van der Waals surface area contributed by atoms with Gasteiger partial charge in [0.15, 0.2) is 0 Å². The van der Waals surface area contributed by atoms with E-state index in [-0.39, 0.29) is 11.9 Å². The SMILES string of the molecule is CCCCN/C(C)=C1/C=CC(CCCC)NC1=O. The zero-order chi connectivity index (χ0) is 13.4. The molecule has 0 saturated heterocycles. The molecule has 1 atom stereocenters. The van der Waals surface area contributed by atoms with E-state index in [9.17, 15) is 4.79 Å². The molecule has 1 aliphatic heterocycles. The molecule has 0 aromatic heterocycles. The highest BCUT2D eigenvalue weighted by Crippen LogP contribution is 2.13. The summed E-state index contributed by atoms with van der Waals surface area (Å²) in [7, 11) is 0. The Bertz CT molecular complexity index is 331. The molecule has 1 unspecified atom stereocenters. The molecule has 1 rings (SSSR count). The van der Waals surface area contributed by atoms with Gasteiger partial charge in [-0.25, -0.2) is 0 Å². The first-order valence-electron chi connectivity index (χ1n) is 7.12. The van der Waals surface area contributed by atoms with E-state index in [2.05, 4.69) is 30.6 Å². The molecule has 0 aromatic carbocycles. The summed E-state index contributed by atoms with van der Waals surface area (Å²) in [5.74, 6) is 0.0556. The number of carbonyl (C=O) groups excluding carboxylic acids is 1. The van der Waals surface area contributed by atoms with Gasteiger partial charge in [-0.1, -0.05) is 39.2 Å². The van der Waals surface area contributed by atoms with Crippen LogP contribution in [-0.4, -0.2) is 18.5 Å². The molecule has 0 fully saturated rings. The first-order valence-corrected chi connectivity index (χ1v) is 7.12. The molecule has 0 aromatic rings. The molecule has 1 aliphatic rings. The lowest BCUT2D eigenvalue weighted by Gasteiger charge is -2.21. The molecular weight excluding hydrogens is 224 g/mol. The summed E-state index contributed by atoms with van der Waals surface area (Å²) in [4.78, 5) is 12.0. The van der Waals surface area contributed by atoms with E-state index < -0.39 is 0 Å². The number of rotatable bonds is 7. The molecule has 2 N–H and O–H groups in total. The van der Waals surface area contributed by atoms with Crippen LogP contribution in [0.4, 0.5) is 0 Å². The average Bonchev–Trinajstić information content (AvgIpc) is 2.36. The van der Waals surface area contributed by atoms with E-state index >= 15 is 0 Å².